The van der Waals surface area contributed by atoms with Gasteiger partial charge in [-0.3, -0.25) is 0 Å². The Labute approximate surface area is 168 Å². The molecule has 0 aromatic rings. The molecule has 0 aliphatic carbocycles. The summed E-state index contributed by atoms with van der Waals surface area (Å²) in [4.78, 5) is 41.9. The van der Waals surface area contributed by atoms with Crippen molar-refractivity contribution in [2.75, 3.05) is 39.5 Å². The maximum atomic E-state index is 10.3. The summed E-state index contributed by atoms with van der Waals surface area (Å²) in [5.74, 6) is 0. The van der Waals surface area contributed by atoms with Gasteiger partial charge in [-0.2, -0.15) is 0 Å². The lowest BCUT2D eigenvalue weighted by Gasteiger charge is -2.35. The molecule has 0 aromatic carbocycles. The van der Waals surface area contributed by atoms with E-state index in [1.54, 1.807) is 18.2 Å². The molecule has 0 radical (unpaired) electrons. The van der Waals surface area contributed by atoms with Crippen molar-refractivity contribution in [1.82, 2.24) is 0 Å². The monoisotopic (exact) mass is 413 g/mol. The first-order chi connectivity index (χ1) is 13.7. The maximum Gasteiger partial charge on any atom is 0.484 e. The zero-order chi connectivity index (χ0) is 20.9. The lowest BCUT2D eigenvalue weighted by Crippen LogP contribution is -2.35. The Kier molecular flexibility index (Phi) is 17.4. The van der Waals surface area contributed by atoms with Crippen LogP contribution in [0.3, 0.4) is 0 Å². The molecule has 0 rings (SSSR count). The molecule has 158 valence electrons. The fourth-order valence-corrected chi connectivity index (χ4v) is 4.31. The maximum absolute atomic E-state index is 10.3. The van der Waals surface area contributed by atoms with Crippen LogP contribution in [0.1, 0.15) is 52.4 Å². The van der Waals surface area contributed by atoms with E-state index in [4.69, 9.17) is 13.3 Å². The Bertz CT molecular complexity index is 478. The zero-order valence-corrected chi connectivity index (χ0v) is 18.0. The van der Waals surface area contributed by atoms with Gasteiger partial charge in [-0.15, -0.1) is 0 Å². The van der Waals surface area contributed by atoms with E-state index in [0.717, 1.165) is 19.3 Å². The van der Waals surface area contributed by atoms with E-state index in [2.05, 4.69) is 15.0 Å². The SMILES string of the molecule is CCO[SiH](OCC)OCC(CCCN=C=O)(CCCN=C=O)CCCN=C=O. The highest BCUT2D eigenvalue weighted by Crippen LogP contribution is 2.36. The molecule has 0 heterocycles. The minimum Gasteiger partial charge on any atom is -0.376 e. The Hall–Kier alpha value is -1.76. The van der Waals surface area contributed by atoms with Gasteiger partial charge in [0, 0.05) is 19.8 Å². The highest BCUT2D eigenvalue weighted by molar-refractivity contribution is 6.36. The molecule has 0 saturated carbocycles. The van der Waals surface area contributed by atoms with Gasteiger partial charge < -0.3 is 13.3 Å². The Morgan fingerprint density at radius 1 is 0.714 bits per heavy atom. The smallest absolute Gasteiger partial charge is 0.376 e. The topological polar surface area (TPSA) is 116 Å². The van der Waals surface area contributed by atoms with Crippen LogP contribution in [0.25, 0.3) is 0 Å². The third-order valence-electron chi connectivity index (χ3n) is 4.26. The van der Waals surface area contributed by atoms with Crippen molar-refractivity contribution in [2.24, 2.45) is 20.4 Å². The highest BCUT2D eigenvalue weighted by atomic mass is 28.3. The molecule has 0 bridgehead atoms. The van der Waals surface area contributed by atoms with Crippen LogP contribution in [0.4, 0.5) is 0 Å². The van der Waals surface area contributed by atoms with E-state index in [9.17, 15) is 14.4 Å². The minimum atomic E-state index is -2.23. The summed E-state index contributed by atoms with van der Waals surface area (Å²) < 4.78 is 17.2. The first kappa shape index (κ1) is 26.2. The average molecular weight is 414 g/mol. The van der Waals surface area contributed by atoms with E-state index in [0.29, 0.717) is 58.7 Å². The van der Waals surface area contributed by atoms with E-state index >= 15 is 0 Å². The summed E-state index contributed by atoms with van der Waals surface area (Å²) in [5.41, 5.74) is -0.241. The Morgan fingerprint density at radius 3 is 1.43 bits per heavy atom. The van der Waals surface area contributed by atoms with Crippen LogP contribution in [0.5, 0.6) is 0 Å². The van der Waals surface area contributed by atoms with Crippen molar-refractivity contribution >= 4 is 27.8 Å². The standard InChI is InChI=1S/C18H31N3O6Si/c1-3-25-28(26-4-2)27-14-18(8-5-11-19-15-22,9-6-12-20-16-23)10-7-13-21-17-24/h28H,3-14H2,1-2H3. The van der Waals surface area contributed by atoms with Crippen molar-refractivity contribution in [2.45, 2.75) is 52.4 Å². The number of rotatable bonds is 19. The molecule has 0 aliphatic rings. The fraction of sp³-hybridized carbons (Fsp3) is 0.833. The van der Waals surface area contributed by atoms with Crippen molar-refractivity contribution in [3.8, 4) is 0 Å². The average Bonchev–Trinajstić information content (AvgIpc) is 2.70. The third kappa shape index (κ3) is 13.4. The Balaban J connectivity index is 5.19. The number of hydrogen-bond donors (Lipinski definition) is 0. The van der Waals surface area contributed by atoms with Crippen LogP contribution in [0.15, 0.2) is 15.0 Å². The van der Waals surface area contributed by atoms with Crippen molar-refractivity contribution < 1.29 is 27.7 Å². The largest absolute Gasteiger partial charge is 0.484 e. The van der Waals surface area contributed by atoms with Gasteiger partial charge in [0.15, 0.2) is 0 Å². The number of carbonyl (C=O) groups excluding carboxylic acids is 3. The lowest BCUT2D eigenvalue weighted by molar-refractivity contribution is 0.0400. The predicted molar refractivity (Wildman–Crippen MR) is 105 cm³/mol. The molecule has 0 spiro atoms. The van der Waals surface area contributed by atoms with Gasteiger partial charge >= 0.3 is 9.53 Å². The van der Waals surface area contributed by atoms with Crippen LogP contribution in [-0.2, 0) is 27.7 Å². The molecule has 0 fully saturated rings. The van der Waals surface area contributed by atoms with Gasteiger partial charge in [-0.05, 0) is 57.8 Å². The van der Waals surface area contributed by atoms with Crippen molar-refractivity contribution in [3.63, 3.8) is 0 Å². The van der Waals surface area contributed by atoms with Gasteiger partial charge in [-0.25, -0.2) is 29.4 Å². The lowest BCUT2D eigenvalue weighted by atomic mass is 9.76. The van der Waals surface area contributed by atoms with Crippen LogP contribution in [0.2, 0.25) is 0 Å². The second-order valence-corrected chi connectivity index (χ2v) is 7.82. The summed E-state index contributed by atoms with van der Waals surface area (Å²) in [6.45, 7) is 6.40. The molecule has 0 atom stereocenters. The van der Waals surface area contributed by atoms with E-state index < -0.39 is 9.53 Å². The molecule has 0 aromatic heterocycles. The summed E-state index contributed by atoms with van der Waals surface area (Å²) in [5, 5.41) is 0. The second kappa shape index (κ2) is 18.6. The van der Waals surface area contributed by atoms with Gasteiger partial charge in [0.05, 0.1) is 19.6 Å². The van der Waals surface area contributed by atoms with Gasteiger partial charge in [-0.1, -0.05) is 0 Å². The van der Waals surface area contributed by atoms with Crippen molar-refractivity contribution in [1.29, 1.82) is 0 Å². The molecule has 0 aliphatic heterocycles. The van der Waals surface area contributed by atoms with E-state index in [1.165, 1.54) is 0 Å². The first-order valence-electron chi connectivity index (χ1n) is 9.63. The molecule has 10 heteroatoms. The molecule has 0 saturated heterocycles. The normalized spacial score (nSPS) is 12.5. The van der Waals surface area contributed by atoms with Gasteiger partial charge in [0.1, 0.15) is 0 Å². The molecular weight excluding hydrogens is 382 g/mol. The van der Waals surface area contributed by atoms with E-state index in [1.807, 2.05) is 13.8 Å². The molecule has 9 nitrogen and oxygen atoms in total. The molecule has 0 N–H and O–H groups in total. The predicted octanol–water partition coefficient (Wildman–Crippen LogP) is 2.13. The quantitative estimate of drug-likeness (QED) is 0.139. The minimum absolute atomic E-state index is 0.241. The summed E-state index contributed by atoms with van der Waals surface area (Å²) >= 11 is 0. The van der Waals surface area contributed by atoms with E-state index in [-0.39, 0.29) is 5.41 Å². The molecule has 0 unspecified atom stereocenters. The zero-order valence-electron chi connectivity index (χ0n) is 16.9. The number of hydrogen-bond acceptors (Lipinski definition) is 9. The molecule has 0 amide bonds. The van der Waals surface area contributed by atoms with Crippen molar-refractivity contribution in [3.05, 3.63) is 0 Å². The van der Waals surface area contributed by atoms with Crippen LogP contribution < -0.4 is 0 Å². The summed E-state index contributed by atoms with van der Waals surface area (Å²) in [7, 11) is -2.23. The van der Waals surface area contributed by atoms with Crippen LogP contribution >= 0.6 is 0 Å². The third-order valence-corrected chi connectivity index (χ3v) is 5.91. The summed E-state index contributed by atoms with van der Waals surface area (Å²) in [6.07, 6.45) is 9.02. The molecular formula is C18H31N3O6Si. The number of aliphatic imine (C=N–C) groups is 3. The second-order valence-electron chi connectivity index (χ2n) is 6.24. The van der Waals surface area contributed by atoms with Crippen LogP contribution in [0, 0.1) is 5.41 Å². The highest BCUT2D eigenvalue weighted by Gasteiger charge is 2.31. The van der Waals surface area contributed by atoms with Gasteiger partial charge in [0.2, 0.25) is 18.2 Å². The number of isocyanates is 3. The first-order valence-corrected chi connectivity index (χ1v) is 11.0. The summed E-state index contributed by atoms with van der Waals surface area (Å²) in [6, 6.07) is 0. The molecule has 28 heavy (non-hydrogen) atoms. The Morgan fingerprint density at radius 2 is 1.11 bits per heavy atom. The van der Waals surface area contributed by atoms with Crippen LogP contribution in [-0.4, -0.2) is 67.2 Å². The van der Waals surface area contributed by atoms with Gasteiger partial charge in [0.25, 0.3) is 0 Å². The number of nitrogens with zero attached hydrogens (tertiary/aromatic N) is 3. The fourth-order valence-electron chi connectivity index (χ4n) is 2.99.